The smallest absolute Gasteiger partial charge is 0.174 e. The zero-order valence-electron chi connectivity index (χ0n) is 14.2. The zero-order valence-corrected chi connectivity index (χ0v) is 14.2. The molecule has 2 bridgehead atoms. The summed E-state index contributed by atoms with van der Waals surface area (Å²) >= 11 is 0. The number of nitrogens with one attached hydrogen (secondary N) is 1. The lowest BCUT2D eigenvalue weighted by atomic mass is 9.49. The third kappa shape index (κ3) is 1.56. The molecule has 1 spiro atoms. The predicted octanol–water partition coefficient (Wildman–Crippen LogP) is 1.36. The highest BCUT2D eigenvalue weighted by atomic mass is 16.5. The second kappa shape index (κ2) is 4.38. The maximum absolute atomic E-state index is 12.7. The molecule has 0 aromatic heterocycles. The number of rotatable bonds is 2. The van der Waals surface area contributed by atoms with Gasteiger partial charge in [-0.05, 0) is 68.2 Å². The van der Waals surface area contributed by atoms with Crippen LogP contribution in [-0.2, 0) is 23.1 Å². The number of benzene rings is 1. The molecule has 2 saturated carbocycles. The molecular weight excluding hydrogens is 318 g/mol. The second-order valence-electron chi connectivity index (χ2n) is 8.71. The Hall–Kier alpha value is -1.59. The molecule has 3 N–H and O–H groups in total. The Balaban J connectivity index is 1.65. The van der Waals surface area contributed by atoms with E-state index in [4.69, 9.17) is 4.74 Å². The molecule has 6 rings (SSSR count). The van der Waals surface area contributed by atoms with Gasteiger partial charge in [-0.15, -0.1) is 0 Å². The standard InChI is InChI=1S/C20H23NO4/c22-13-3-4-20(24)15-9-12-11(7-10-1-2-10)8-14(23)17-16(12)19(20,5-6-21-15)18(13)25-17/h8,10,15,18,21,23-24H,1-7,9H2/t15-,18+,19+,20-/m1/s1. The SMILES string of the molecule is O=C1CC[C@@]2(O)[C@H]3Cc4c(CC5CC5)cc(O)c5c4[C@@]2(CCN3)[C@H]1O5. The van der Waals surface area contributed by atoms with Crippen molar-refractivity contribution in [2.75, 3.05) is 6.54 Å². The number of ketones is 1. The number of aromatic hydroxyl groups is 1. The molecule has 2 aliphatic heterocycles. The van der Waals surface area contributed by atoms with Gasteiger partial charge in [0, 0.05) is 18.0 Å². The summed E-state index contributed by atoms with van der Waals surface area (Å²) in [4.78, 5) is 12.7. The first kappa shape index (κ1) is 14.6. The number of aliphatic hydroxyl groups is 1. The Morgan fingerprint density at radius 3 is 2.96 bits per heavy atom. The number of hydrogen-bond acceptors (Lipinski definition) is 5. The minimum absolute atomic E-state index is 0.0404. The van der Waals surface area contributed by atoms with E-state index in [-0.39, 0.29) is 17.6 Å². The van der Waals surface area contributed by atoms with E-state index < -0.39 is 17.1 Å². The Morgan fingerprint density at radius 1 is 1.32 bits per heavy atom. The van der Waals surface area contributed by atoms with Crippen LogP contribution in [0.4, 0.5) is 0 Å². The molecule has 1 saturated heterocycles. The first-order valence-electron chi connectivity index (χ1n) is 9.58. The molecule has 0 radical (unpaired) electrons. The van der Waals surface area contributed by atoms with Crippen LogP contribution in [-0.4, -0.2) is 40.3 Å². The van der Waals surface area contributed by atoms with Gasteiger partial charge in [0.15, 0.2) is 23.4 Å². The molecule has 5 heteroatoms. The summed E-state index contributed by atoms with van der Waals surface area (Å²) in [5.74, 6) is 1.39. The number of phenols is 1. The summed E-state index contributed by atoms with van der Waals surface area (Å²) < 4.78 is 6.08. The van der Waals surface area contributed by atoms with Crippen LogP contribution in [0.15, 0.2) is 6.07 Å². The molecule has 0 amide bonds. The molecule has 132 valence electrons. The van der Waals surface area contributed by atoms with Crippen molar-refractivity contribution in [2.45, 2.75) is 68.1 Å². The van der Waals surface area contributed by atoms with Gasteiger partial charge in [0.1, 0.15) is 0 Å². The number of carbonyl (C=O) groups is 1. The largest absolute Gasteiger partial charge is 0.504 e. The van der Waals surface area contributed by atoms with Crippen LogP contribution >= 0.6 is 0 Å². The van der Waals surface area contributed by atoms with Gasteiger partial charge in [-0.1, -0.05) is 0 Å². The Morgan fingerprint density at radius 2 is 2.16 bits per heavy atom. The third-order valence-electron chi connectivity index (χ3n) is 7.51. The summed E-state index contributed by atoms with van der Waals surface area (Å²) in [7, 11) is 0. The van der Waals surface area contributed by atoms with Crippen LogP contribution in [0.3, 0.4) is 0 Å². The lowest BCUT2D eigenvalue weighted by Crippen LogP contribution is -2.76. The summed E-state index contributed by atoms with van der Waals surface area (Å²) in [5, 5.41) is 25.9. The topological polar surface area (TPSA) is 78.8 Å². The highest BCUT2D eigenvalue weighted by molar-refractivity contribution is 5.90. The Bertz CT molecular complexity index is 816. The average molecular weight is 341 g/mol. The van der Waals surface area contributed by atoms with Crippen molar-refractivity contribution in [3.63, 3.8) is 0 Å². The number of piperidine rings is 1. The molecule has 3 fully saturated rings. The van der Waals surface area contributed by atoms with Gasteiger partial charge in [-0.25, -0.2) is 0 Å². The fraction of sp³-hybridized carbons (Fsp3) is 0.650. The predicted molar refractivity (Wildman–Crippen MR) is 89.9 cm³/mol. The van der Waals surface area contributed by atoms with Crippen molar-refractivity contribution >= 4 is 5.78 Å². The minimum Gasteiger partial charge on any atom is -0.504 e. The van der Waals surface area contributed by atoms with E-state index >= 15 is 0 Å². The van der Waals surface area contributed by atoms with Crippen molar-refractivity contribution in [3.8, 4) is 11.5 Å². The van der Waals surface area contributed by atoms with Gasteiger partial charge in [0.25, 0.3) is 0 Å². The fourth-order valence-electron chi connectivity index (χ4n) is 6.20. The van der Waals surface area contributed by atoms with Crippen LogP contribution in [0.5, 0.6) is 11.5 Å². The van der Waals surface area contributed by atoms with Gasteiger partial charge in [-0.2, -0.15) is 0 Å². The summed E-state index contributed by atoms with van der Waals surface area (Å²) in [6, 6.07) is 1.81. The molecule has 2 heterocycles. The second-order valence-corrected chi connectivity index (χ2v) is 8.71. The number of hydrogen-bond donors (Lipinski definition) is 3. The molecule has 4 atom stereocenters. The van der Waals surface area contributed by atoms with Crippen LogP contribution in [0.25, 0.3) is 0 Å². The first-order valence-corrected chi connectivity index (χ1v) is 9.58. The van der Waals surface area contributed by atoms with E-state index in [0.717, 1.165) is 24.9 Å². The molecule has 1 aromatic carbocycles. The molecule has 5 nitrogen and oxygen atoms in total. The van der Waals surface area contributed by atoms with Crippen molar-refractivity contribution in [3.05, 3.63) is 22.8 Å². The summed E-state index contributed by atoms with van der Waals surface area (Å²) in [5.41, 5.74) is 1.72. The number of Topliss-reactive ketones (excluding diaryl/α,β-unsaturated/α-hetero) is 1. The van der Waals surface area contributed by atoms with Gasteiger partial charge in [-0.3, -0.25) is 4.79 Å². The molecule has 25 heavy (non-hydrogen) atoms. The Labute approximate surface area is 146 Å². The lowest BCUT2D eigenvalue weighted by Gasteiger charge is -2.59. The van der Waals surface area contributed by atoms with Gasteiger partial charge < -0.3 is 20.3 Å². The van der Waals surface area contributed by atoms with Crippen molar-refractivity contribution in [1.29, 1.82) is 0 Å². The number of ether oxygens (including phenoxy) is 1. The van der Waals surface area contributed by atoms with E-state index in [0.29, 0.717) is 30.9 Å². The Kier molecular flexibility index (Phi) is 2.55. The number of phenolic OH excluding ortho intramolecular Hbond substituents is 1. The normalized spacial score (nSPS) is 40.6. The maximum atomic E-state index is 12.7. The molecule has 5 aliphatic rings. The van der Waals surface area contributed by atoms with E-state index in [1.165, 1.54) is 24.0 Å². The molecular formula is C20H23NO4. The lowest BCUT2D eigenvalue weighted by molar-refractivity contribution is -0.166. The van der Waals surface area contributed by atoms with Gasteiger partial charge in [0.2, 0.25) is 0 Å². The minimum atomic E-state index is -0.966. The average Bonchev–Trinajstić information content (AvgIpc) is 3.30. The molecule has 0 unspecified atom stereocenters. The van der Waals surface area contributed by atoms with Gasteiger partial charge >= 0.3 is 0 Å². The monoisotopic (exact) mass is 341 g/mol. The van der Waals surface area contributed by atoms with Crippen molar-refractivity contribution in [2.24, 2.45) is 5.92 Å². The van der Waals surface area contributed by atoms with E-state index in [1.54, 1.807) is 0 Å². The van der Waals surface area contributed by atoms with E-state index in [1.807, 2.05) is 6.07 Å². The highest BCUT2D eigenvalue weighted by Gasteiger charge is 2.72. The van der Waals surface area contributed by atoms with E-state index in [2.05, 4.69) is 5.32 Å². The highest BCUT2D eigenvalue weighted by Crippen LogP contribution is 2.64. The van der Waals surface area contributed by atoms with Crippen LogP contribution < -0.4 is 10.1 Å². The molecule has 3 aliphatic carbocycles. The van der Waals surface area contributed by atoms with Crippen LogP contribution in [0, 0.1) is 5.92 Å². The van der Waals surface area contributed by atoms with Crippen molar-refractivity contribution < 1.29 is 19.7 Å². The third-order valence-corrected chi connectivity index (χ3v) is 7.51. The fourth-order valence-corrected chi connectivity index (χ4v) is 6.20. The van der Waals surface area contributed by atoms with Crippen LogP contribution in [0.1, 0.15) is 48.8 Å². The summed E-state index contributed by atoms with van der Waals surface area (Å²) in [6.45, 7) is 0.770. The molecule has 1 aromatic rings. The van der Waals surface area contributed by atoms with Crippen LogP contribution in [0.2, 0.25) is 0 Å². The van der Waals surface area contributed by atoms with Gasteiger partial charge in [0.05, 0.1) is 11.0 Å². The first-order chi connectivity index (χ1) is 12.0. The van der Waals surface area contributed by atoms with E-state index in [9.17, 15) is 15.0 Å². The summed E-state index contributed by atoms with van der Waals surface area (Å²) in [6.07, 6.45) is 5.12. The quantitative estimate of drug-likeness (QED) is 0.757. The van der Waals surface area contributed by atoms with Crippen molar-refractivity contribution in [1.82, 2.24) is 5.32 Å². The maximum Gasteiger partial charge on any atom is 0.174 e. The number of carbonyl (C=O) groups excluding carboxylic acids is 1. The zero-order chi connectivity index (χ0) is 17.0.